The molecule has 1 heterocycles. The number of quaternary nitrogens is 1. The molecule has 1 aliphatic heterocycles. The van der Waals surface area contributed by atoms with Gasteiger partial charge in [-0.15, -0.1) is 0 Å². The number of likely N-dealkylation sites (tertiary alicyclic amines) is 1. The van der Waals surface area contributed by atoms with Gasteiger partial charge < -0.3 is 10.2 Å². The number of amides is 3. The minimum atomic E-state index is -0.410. The molecule has 3 N–H and O–H groups in total. The van der Waals surface area contributed by atoms with E-state index in [0.717, 1.165) is 13.1 Å². The van der Waals surface area contributed by atoms with Gasteiger partial charge in [0.25, 0.3) is 5.91 Å². The maximum Gasteiger partial charge on any atom is 0.322 e. The molecule has 5 heteroatoms. The molecule has 116 valence electrons. The van der Waals surface area contributed by atoms with Gasteiger partial charge in [0.1, 0.15) is 0 Å². The summed E-state index contributed by atoms with van der Waals surface area (Å²) in [6, 6.07) is -0.599. The van der Waals surface area contributed by atoms with Crippen LogP contribution in [0.25, 0.3) is 0 Å². The minimum absolute atomic E-state index is 0.189. The van der Waals surface area contributed by atoms with Gasteiger partial charge in [-0.25, -0.2) is 4.79 Å². The fourth-order valence-electron chi connectivity index (χ4n) is 2.96. The summed E-state index contributed by atoms with van der Waals surface area (Å²) in [6.45, 7) is 14.0. The van der Waals surface area contributed by atoms with Crippen LogP contribution in [0.1, 0.15) is 48.0 Å². The van der Waals surface area contributed by atoms with Crippen molar-refractivity contribution in [2.24, 2.45) is 11.8 Å². The Balaban J connectivity index is 2.52. The average Bonchev–Trinajstić information content (AvgIpc) is 2.23. The quantitative estimate of drug-likeness (QED) is 0.694. The Morgan fingerprint density at radius 3 is 2.10 bits per heavy atom. The maximum atomic E-state index is 12.2. The van der Waals surface area contributed by atoms with Crippen molar-refractivity contribution in [3.63, 3.8) is 0 Å². The third kappa shape index (κ3) is 5.49. The average molecular weight is 284 g/mol. The molecule has 1 saturated heterocycles. The molecule has 1 aliphatic rings. The van der Waals surface area contributed by atoms with Crippen molar-refractivity contribution in [2.75, 3.05) is 13.1 Å². The number of hydrogen-bond acceptors (Lipinski definition) is 2. The highest BCUT2D eigenvalue weighted by molar-refractivity contribution is 5.96. The predicted octanol–water partition coefficient (Wildman–Crippen LogP) is 0.560. The normalized spacial score (nSPS) is 28.6. The lowest BCUT2D eigenvalue weighted by molar-refractivity contribution is -0.925. The van der Waals surface area contributed by atoms with Gasteiger partial charge in [-0.1, -0.05) is 13.8 Å². The Bertz CT molecular complexity index is 353. The molecule has 3 amide bonds. The van der Waals surface area contributed by atoms with E-state index in [-0.39, 0.29) is 17.5 Å². The Kier molecular flexibility index (Phi) is 5.57. The number of urea groups is 1. The molecule has 0 bridgehead atoms. The van der Waals surface area contributed by atoms with Crippen LogP contribution < -0.4 is 15.5 Å². The molecule has 0 radical (unpaired) electrons. The fourth-order valence-corrected chi connectivity index (χ4v) is 2.96. The summed E-state index contributed by atoms with van der Waals surface area (Å²) in [7, 11) is 0. The van der Waals surface area contributed by atoms with Crippen LogP contribution in [0.4, 0.5) is 4.79 Å². The fraction of sp³-hybridized carbons (Fsp3) is 0.867. The molecular formula is C15H30N3O2+. The molecule has 20 heavy (non-hydrogen) atoms. The molecule has 1 rings (SSSR count). The first-order valence-corrected chi connectivity index (χ1v) is 7.56. The van der Waals surface area contributed by atoms with Crippen LogP contribution in [0.3, 0.4) is 0 Å². The summed E-state index contributed by atoms with van der Waals surface area (Å²) in [5, 5.41) is 5.20. The topological polar surface area (TPSA) is 62.6 Å². The van der Waals surface area contributed by atoms with Crippen LogP contribution in [0.5, 0.6) is 0 Å². The SMILES string of the molecule is C[C@@H]1C[C@H](C)C[NH+]([C@@H](C)C(=O)NC(=O)NC(C)(C)C)C1. The second-order valence-corrected chi connectivity index (χ2v) is 7.43. The van der Waals surface area contributed by atoms with Crippen LogP contribution >= 0.6 is 0 Å². The van der Waals surface area contributed by atoms with Gasteiger partial charge >= 0.3 is 6.03 Å². The van der Waals surface area contributed by atoms with E-state index in [0.29, 0.717) is 11.8 Å². The Morgan fingerprint density at radius 1 is 1.15 bits per heavy atom. The summed E-state index contributed by atoms with van der Waals surface area (Å²) in [5.41, 5.74) is -0.339. The zero-order chi connectivity index (χ0) is 15.5. The monoisotopic (exact) mass is 284 g/mol. The number of nitrogens with one attached hydrogen (secondary N) is 3. The van der Waals surface area contributed by atoms with Crippen LogP contribution in [-0.4, -0.2) is 36.6 Å². The van der Waals surface area contributed by atoms with E-state index in [1.807, 2.05) is 27.7 Å². The predicted molar refractivity (Wildman–Crippen MR) is 79.5 cm³/mol. The largest absolute Gasteiger partial charge is 0.333 e. The number of piperidine rings is 1. The van der Waals surface area contributed by atoms with Gasteiger partial charge in [0.2, 0.25) is 0 Å². The molecule has 1 unspecified atom stereocenters. The zero-order valence-electron chi connectivity index (χ0n) is 13.7. The number of rotatable bonds is 2. The van der Waals surface area contributed by atoms with E-state index in [4.69, 9.17) is 0 Å². The Hall–Kier alpha value is -1.10. The lowest BCUT2D eigenvalue weighted by atomic mass is 9.91. The van der Waals surface area contributed by atoms with Crippen molar-refractivity contribution < 1.29 is 14.5 Å². The van der Waals surface area contributed by atoms with Gasteiger partial charge in [0, 0.05) is 17.4 Å². The van der Waals surface area contributed by atoms with Crippen LogP contribution in [0.15, 0.2) is 0 Å². The molecular weight excluding hydrogens is 254 g/mol. The van der Waals surface area contributed by atoms with Crippen molar-refractivity contribution in [3.8, 4) is 0 Å². The van der Waals surface area contributed by atoms with E-state index in [9.17, 15) is 9.59 Å². The van der Waals surface area contributed by atoms with Crippen molar-refractivity contribution in [3.05, 3.63) is 0 Å². The highest BCUT2D eigenvalue weighted by atomic mass is 16.2. The number of hydrogen-bond donors (Lipinski definition) is 3. The van der Waals surface area contributed by atoms with E-state index >= 15 is 0 Å². The smallest absolute Gasteiger partial charge is 0.322 e. The van der Waals surface area contributed by atoms with E-state index in [1.54, 1.807) is 0 Å². The summed E-state index contributed by atoms with van der Waals surface area (Å²) in [5.74, 6) is 1.07. The molecule has 0 spiro atoms. The molecule has 0 aromatic heterocycles. The molecule has 0 aliphatic carbocycles. The first-order valence-electron chi connectivity index (χ1n) is 7.56. The summed E-state index contributed by atoms with van der Waals surface area (Å²) < 4.78 is 0. The second-order valence-electron chi connectivity index (χ2n) is 7.43. The molecule has 0 aromatic rings. The minimum Gasteiger partial charge on any atom is -0.333 e. The third-order valence-corrected chi connectivity index (χ3v) is 3.76. The molecule has 0 aromatic carbocycles. The van der Waals surface area contributed by atoms with Gasteiger partial charge in [-0.3, -0.25) is 10.1 Å². The highest BCUT2D eigenvalue weighted by Crippen LogP contribution is 2.12. The molecule has 0 saturated carbocycles. The lowest BCUT2D eigenvalue weighted by Crippen LogP contribution is -3.18. The molecule has 5 nitrogen and oxygen atoms in total. The van der Waals surface area contributed by atoms with E-state index in [1.165, 1.54) is 11.3 Å². The van der Waals surface area contributed by atoms with Crippen molar-refractivity contribution in [1.29, 1.82) is 0 Å². The second kappa shape index (κ2) is 6.57. The Labute approximate surface area is 122 Å². The summed E-state index contributed by atoms with van der Waals surface area (Å²) >= 11 is 0. The van der Waals surface area contributed by atoms with Crippen LogP contribution in [0, 0.1) is 11.8 Å². The summed E-state index contributed by atoms with van der Waals surface area (Å²) in [6.07, 6.45) is 1.22. The van der Waals surface area contributed by atoms with E-state index < -0.39 is 6.03 Å². The maximum absolute atomic E-state index is 12.2. The standard InChI is InChI=1S/C15H29N3O2/c1-10-7-11(2)9-18(8-10)12(3)13(19)16-14(20)17-15(4,5)6/h10-12H,7-9H2,1-6H3,(H2,16,17,19,20)/p+1/t10-,11+,12-/m0/s1. The Morgan fingerprint density at radius 2 is 1.65 bits per heavy atom. The first kappa shape index (κ1) is 17.0. The number of carbonyl (C=O) groups excluding carboxylic acids is 2. The lowest BCUT2D eigenvalue weighted by Gasteiger charge is -2.35. The van der Waals surface area contributed by atoms with Crippen molar-refractivity contribution >= 4 is 11.9 Å². The first-order chi connectivity index (χ1) is 9.08. The third-order valence-electron chi connectivity index (χ3n) is 3.76. The van der Waals surface area contributed by atoms with Crippen molar-refractivity contribution in [1.82, 2.24) is 10.6 Å². The molecule has 1 fully saturated rings. The van der Waals surface area contributed by atoms with Gasteiger partial charge in [0.15, 0.2) is 6.04 Å². The number of imide groups is 1. The summed E-state index contributed by atoms with van der Waals surface area (Å²) in [4.78, 5) is 25.2. The van der Waals surface area contributed by atoms with Gasteiger partial charge in [0.05, 0.1) is 13.1 Å². The highest BCUT2D eigenvalue weighted by Gasteiger charge is 2.33. The van der Waals surface area contributed by atoms with Crippen molar-refractivity contribution in [2.45, 2.75) is 59.5 Å². The molecule has 4 atom stereocenters. The van der Waals surface area contributed by atoms with Gasteiger partial charge in [-0.05, 0) is 34.1 Å². The number of carbonyl (C=O) groups is 2. The zero-order valence-corrected chi connectivity index (χ0v) is 13.7. The van der Waals surface area contributed by atoms with E-state index in [2.05, 4.69) is 24.5 Å². The van der Waals surface area contributed by atoms with Gasteiger partial charge in [-0.2, -0.15) is 0 Å². The van der Waals surface area contributed by atoms with Crippen LogP contribution in [0.2, 0.25) is 0 Å². The van der Waals surface area contributed by atoms with Crippen LogP contribution in [-0.2, 0) is 4.79 Å².